The Kier molecular flexibility index (Phi) is 3.35. The second kappa shape index (κ2) is 4.31. The number of aryl methyl sites for hydroxylation is 1. The molecule has 0 fully saturated rings. The van der Waals surface area contributed by atoms with Gasteiger partial charge < -0.3 is 4.57 Å². The SMILES string of the molecule is CCCCn1cc(Cl)ccc1=O. The van der Waals surface area contributed by atoms with Crippen molar-refractivity contribution in [2.75, 3.05) is 0 Å². The fourth-order valence-electron chi connectivity index (χ4n) is 1.01. The normalized spacial score (nSPS) is 10.2. The molecule has 2 nitrogen and oxygen atoms in total. The Morgan fingerprint density at radius 3 is 2.92 bits per heavy atom. The highest BCUT2D eigenvalue weighted by Gasteiger charge is 1.95. The average Bonchev–Trinajstić information content (AvgIpc) is 2.07. The molecule has 0 amide bonds. The van der Waals surface area contributed by atoms with Gasteiger partial charge in [0.1, 0.15) is 0 Å². The van der Waals surface area contributed by atoms with Gasteiger partial charge in [-0.05, 0) is 12.5 Å². The first-order valence-electron chi connectivity index (χ1n) is 4.10. The van der Waals surface area contributed by atoms with Crippen molar-refractivity contribution in [3.05, 3.63) is 33.7 Å². The van der Waals surface area contributed by atoms with Gasteiger partial charge in [-0.3, -0.25) is 4.79 Å². The average molecular weight is 186 g/mol. The van der Waals surface area contributed by atoms with Gasteiger partial charge in [-0.25, -0.2) is 0 Å². The van der Waals surface area contributed by atoms with E-state index in [4.69, 9.17) is 11.6 Å². The summed E-state index contributed by atoms with van der Waals surface area (Å²) in [6, 6.07) is 3.12. The van der Waals surface area contributed by atoms with Crippen LogP contribution in [0.2, 0.25) is 5.02 Å². The van der Waals surface area contributed by atoms with E-state index in [1.54, 1.807) is 16.8 Å². The van der Waals surface area contributed by atoms with Gasteiger partial charge in [0.2, 0.25) is 0 Å². The number of aromatic nitrogens is 1. The maximum Gasteiger partial charge on any atom is 0.250 e. The number of hydrogen-bond donors (Lipinski definition) is 0. The molecule has 1 aromatic heterocycles. The van der Waals surface area contributed by atoms with Gasteiger partial charge in [0.25, 0.3) is 5.56 Å². The third kappa shape index (κ3) is 2.38. The molecule has 0 saturated heterocycles. The van der Waals surface area contributed by atoms with Crippen molar-refractivity contribution in [1.82, 2.24) is 4.57 Å². The van der Waals surface area contributed by atoms with Crippen LogP contribution in [0.5, 0.6) is 0 Å². The number of rotatable bonds is 3. The van der Waals surface area contributed by atoms with Crippen molar-refractivity contribution in [2.24, 2.45) is 0 Å². The lowest BCUT2D eigenvalue weighted by Crippen LogP contribution is -2.17. The van der Waals surface area contributed by atoms with Gasteiger partial charge >= 0.3 is 0 Å². The van der Waals surface area contributed by atoms with E-state index >= 15 is 0 Å². The van der Waals surface area contributed by atoms with Crippen LogP contribution < -0.4 is 5.56 Å². The molecule has 0 radical (unpaired) electrons. The van der Waals surface area contributed by atoms with E-state index < -0.39 is 0 Å². The summed E-state index contributed by atoms with van der Waals surface area (Å²) < 4.78 is 1.64. The van der Waals surface area contributed by atoms with Crippen molar-refractivity contribution >= 4 is 11.6 Å². The van der Waals surface area contributed by atoms with Crippen LogP contribution in [0.4, 0.5) is 0 Å². The van der Waals surface area contributed by atoms with Gasteiger partial charge in [0, 0.05) is 18.8 Å². The fourth-order valence-corrected chi connectivity index (χ4v) is 1.19. The minimum atomic E-state index is 0.0212. The number of unbranched alkanes of at least 4 members (excludes halogenated alkanes) is 1. The first-order valence-corrected chi connectivity index (χ1v) is 4.48. The van der Waals surface area contributed by atoms with E-state index in [9.17, 15) is 4.79 Å². The van der Waals surface area contributed by atoms with E-state index in [0.717, 1.165) is 19.4 Å². The Labute approximate surface area is 76.8 Å². The first kappa shape index (κ1) is 9.33. The summed E-state index contributed by atoms with van der Waals surface area (Å²) in [5.41, 5.74) is 0.0212. The summed E-state index contributed by atoms with van der Waals surface area (Å²) in [4.78, 5) is 11.2. The third-order valence-electron chi connectivity index (χ3n) is 1.70. The lowest BCUT2D eigenvalue weighted by Gasteiger charge is -2.03. The van der Waals surface area contributed by atoms with Crippen LogP contribution in [0.15, 0.2) is 23.1 Å². The predicted molar refractivity (Wildman–Crippen MR) is 50.6 cm³/mol. The number of hydrogen-bond acceptors (Lipinski definition) is 1. The van der Waals surface area contributed by atoms with Crippen LogP contribution in [-0.2, 0) is 6.54 Å². The molecule has 0 unspecified atom stereocenters. The molecule has 0 bridgehead atoms. The van der Waals surface area contributed by atoms with E-state index in [0.29, 0.717) is 5.02 Å². The van der Waals surface area contributed by atoms with Crippen LogP contribution in [0.25, 0.3) is 0 Å². The highest BCUT2D eigenvalue weighted by Crippen LogP contribution is 2.03. The predicted octanol–water partition coefficient (Wildman–Crippen LogP) is 2.30. The first-order chi connectivity index (χ1) is 5.74. The molecule has 0 saturated carbocycles. The Bertz CT molecular complexity index is 306. The van der Waals surface area contributed by atoms with Gasteiger partial charge in [0.05, 0.1) is 5.02 Å². The monoisotopic (exact) mass is 185 g/mol. The van der Waals surface area contributed by atoms with E-state index in [1.165, 1.54) is 6.07 Å². The molecule has 0 spiro atoms. The number of pyridine rings is 1. The molecule has 12 heavy (non-hydrogen) atoms. The van der Waals surface area contributed by atoms with Gasteiger partial charge in [-0.1, -0.05) is 24.9 Å². The van der Waals surface area contributed by atoms with Crippen LogP contribution in [0, 0.1) is 0 Å². The summed E-state index contributed by atoms with van der Waals surface area (Å²) in [7, 11) is 0. The van der Waals surface area contributed by atoms with Crippen molar-refractivity contribution in [3.63, 3.8) is 0 Å². The second-order valence-electron chi connectivity index (χ2n) is 2.73. The summed E-state index contributed by atoms with van der Waals surface area (Å²) in [6.07, 6.45) is 3.78. The lowest BCUT2D eigenvalue weighted by atomic mass is 10.3. The second-order valence-corrected chi connectivity index (χ2v) is 3.17. The molecule has 1 heterocycles. The van der Waals surface area contributed by atoms with E-state index in [-0.39, 0.29) is 5.56 Å². The number of nitrogens with zero attached hydrogens (tertiary/aromatic N) is 1. The maximum atomic E-state index is 11.2. The zero-order valence-electron chi connectivity index (χ0n) is 7.09. The minimum Gasteiger partial charge on any atom is -0.314 e. The topological polar surface area (TPSA) is 22.0 Å². The van der Waals surface area contributed by atoms with Crippen molar-refractivity contribution < 1.29 is 0 Å². The zero-order chi connectivity index (χ0) is 8.97. The van der Waals surface area contributed by atoms with Crippen LogP contribution in [0.3, 0.4) is 0 Å². The lowest BCUT2D eigenvalue weighted by molar-refractivity contribution is 0.613. The van der Waals surface area contributed by atoms with E-state index in [2.05, 4.69) is 6.92 Å². The molecular formula is C9H12ClNO. The van der Waals surface area contributed by atoms with Crippen LogP contribution in [0.1, 0.15) is 19.8 Å². The zero-order valence-corrected chi connectivity index (χ0v) is 7.84. The van der Waals surface area contributed by atoms with Gasteiger partial charge in [-0.15, -0.1) is 0 Å². The van der Waals surface area contributed by atoms with Gasteiger partial charge in [-0.2, -0.15) is 0 Å². The van der Waals surface area contributed by atoms with Crippen LogP contribution >= 0.6 is 11.6 Å². The minimum absolute atomic E-state index is 0.0212. The molecule has 0 aliphatic carbocycles. The smallest absolute Gasteiger partial charge is 0.250 e. The van der Waals surface area contributed by atoms with Crippen molar-refractivity contribution in [2.45, 2.75) is 26.3 Å². The molecule has 0 aliphatic heterocycles. The standard InChI is InChI=1S/C9H12ClNO/c1-2-3-6-11-7-8(10)4-5-9(11)12/h4-5,7H,2-3,6H2,1H3. The summed E-state index contributed by atoms with van der Waals surface area (Å²) in [5.74, 6) is 0. The quantitative estimate of drug-likeness (QED) is 0.709. The maximum absolute atomic E-state index is 11.2. The third-order valence-corrected chi connectivity index (χ3v) is 1.92. The molecule has 66 valence electrons. The molecular weight excluding hydrogens is 174 g/mol. The fraction of sp³-hybridized carbons (Fsp3) is 0.444. The molecule has 3 heteroatoms. The molecule has 1 aromatic rings. The van der Waals surface area contributed by atoms with Crippen LogP contribution in [-0.4, -0.2) is 4.57 Å². The summed E-state index contributed by atoms with van der Waals surface area (Å²) in [5, 5.41) is 0.616. The number of halogens is 1. The Balaban J connectivity index is 2.83. The largest absolute Gasteiger partial charge is 0.314 e. The van der Waals surface area contributed by atoms with Crippen molar-refractivity contribution in [1.29, 1.82) is 0 Å². The molecule has 0 aliphatic rings. The van der Waals surface area contributed by atoms with Crippen molar-refractivity contribution in [3.8, 4) is 0 Å². The molecule has 0 atom stereocenters. The molecule has 0 N–H and O–H groups in total. The molecule has 0 aromatic carbocycles. The highest BCUT2D eigenvalue weighted by molar-refractivity contribution is 6.30. The Morgan fingerprint density at radius 2 is 2.25 bits per heavy atom. The van der Waals surface area contributed by atoms with E-state index in [1.807, 2.05) is 0 Å². The van der Waals surface area contributed by atoms with Gasteiger partial charge in [0.15, 0.2) is 0 Å². The summed E-state index contributed by atoms with van der Waals surface area (Å²) >= 11 is 5.74. The summed E-state index contributed by atoms with van der Waals surface area (Å²) in [6.45, 7) is 2.85. The highest BCUT2D eigenvalue weighted by atomic mass is 35.5. The Morgan fingerprint density at radius 1 is 1.50 bits per heavy atom. The Hall–Kier alpha value is -0.760. The molecule has 1 rings (SSSR count).